The molecule has 0 spiro atoms. The van der Waals surface area contributed by atoms with Crippen LogP contribution in [-0.4, -0.2) is 11.9 Å². The van der Waals surface area contributed by atoms with E-state index < -0.39 is 17.7 Å². The monoisotopic (exact) mass is 385 g/mol. The van der Waals surface area contributed by atoms with E-state index in [2.05, 4.69) is 0 Å². The summed E-state index contributed by atoms with van der Waals surface area (Å²) in [6, 6.07) is 9.73. The van der Waals surface area contributed by atoms with Crippen LogP contribution in [-0.2, 0) is 0 Å². The van der Waals surface area contributed by atoms with Crippen LogP contribution in [0.2, 0.25) is 0 Å². The third-order valence-corrected chi connectivity index (χ3v) is 3.37. The summed E-state index contributed by atoms with van der Waals surface area (Å²) < 4.78 is 18.6. The van der Waals surface area contributed by atoms with Crippen LogP contribution in [0.5, 0.6) is 5.75 Å². The second kappa shape index (κ2) is 6.00. The predicted octanol–water partition coefficient (Wildman–Crippen LogP) is 2.75. The van der Waals surface area contributed by atoms with E-state index in [4.69, 9.17) is 10.5 Å². The zero-order chi connectivity index (χ0) is 14.7. The van der Waals surface area contributed by atoms with E-state index in [1.54, 1.807) is 6.07 Å². The van der Waals surface area contributed by atoms with Gasteiger partial charge in [-0.2, -0.15) is 0 Å². The lowest BCUT2D eigenvalue weighted by Crippen LogP contribution is -2.13. The highest BCUT2D eigenvalue weighted by Gasteiger charge is 2.13. The Morgan fingerprint density at radius 2 is 1.90 bits per heavy atom. The Hall–Kier alpha value is -1.96. The Bertz CT molecular complexity index is 688. The van der Waals surface area contributed by atoms with E-state index in [0.29, 0.717) is 3.57 Å². The van der Waals surface area contributed by atoms with Crippen LogP contribution in [0.3, 0.4) is 0 Å². The summed E-state index contributed by atoms with van der Waals surface area (Å²) in [6.45, 7) is 0. The fourth-order valence-corrected chi connectivity index (χ4v) is 2.23. The lowest BCUT2D eigenvalue weighted by molar-refractivity contribution is 0.0732. The Kier molecular flexibility index (Phi) is 4.33. The molecular formula is C14H9FINO3. The fourth-order valence-electron chi connectivity index (χ4n) is 1.53. The molecule has 0 aliphatic rings. The largest absolute Gasteiger partial charge is 0.423 e. The number of hydrogen-bond acceptors (Lipinski definition) is 3. The van der Waals surface area contributed by atoms with Crippen LogP contribution in [0, 0.1) is 9.39 Å². The van der Waals surface area contributed by atoms with Gasteiger partial charge in [0.15, 0.2) is 0 Å². The molecule has 0 heterocycles. The molecule has 1 amide bonds. The maximum Gasteiger partial charge on any atom is 0.344 e. The number of hydrogen-bond donors (Lipinski definition) is 1. The van der Waals surface area contributed by atoms with E-state index in [9.17, 15) is 14.0 Å². The second-order valence-electron chi connectivity index (χ2n) is 3.91. The fraction of sp³-hybridized carbons (Fsp3) is 0. The van der Waals surface area contributed by atoms with Crippen LogP contribution >= 0.6 is 22.6 Å². The van der Waals surface area contributed by atoms with Crippen molar-refractivity contribution in [2.45, 2.75) is 0 Å². The van der Waals surface area contributed by atoms with Gasteiger partial charge in [-0.1, -0.05) is 6.07 Å². The maximum atomic E-state index is 13.0. The van der Waals surface area contributed by atoms with Gasteiger partial charge < -0.3 is 10.5 Å². The summed E-state index contributed by atoms with van der Waals surface area (Å²) in [7, 11) is 0. The normalized spacial score (nSPS) is 10.1. The standard InChI is InChI=1S/C14H9FINO3/c15-9-4-5-11(12(16)7-9)14(19)20-10-3-1-2-8(6-10)13(17)18/h1-7H,(H2,17,18). The molecule has 2 N–H and O–H groups in total. The minimum absolute atomic E-state index is 0.200. The molecule has 0 saturated carbocycles. The number of rotatable bonds is 3. The first-order valence-electron chi connectivity index (χ1n) is 5.54. The van der Waals surface area contributed by atoms with Gasteiger partial charge in [-0.3, -0.25) is 4.79 Å². The Morgan fingerprint density at radius 3 is 2.55 bits per heavy atom. The van der Waals surface area contributed by atoms with Gasteiger partial charge in [-0.15, -0.1) is 0 Å². The van der Waals surface area contributed by atoms with Crippen molar-refractivity contribution in [3.63, 3.8) is 0 Å². The Balaban J connectivity index is 2.23. The first-order chi connectivity index (χ1) is 9.47. The Morgan fingerprint density at radius 1 is 1.15 bits per heavy atom. The molecule has 0 unspecified atom stereocenters. The third-order valence-electron chi connectivity index (χ3n) is 2.48. The highest BCUT2D eigenvalue weighted by Crippen LogP contribution is 2.18. The zero-order valence-corrected chi connectivity index (χ0v) is 12.3. The molecule has 2 aromatic carbocycles. The summed E-state index contributed by atoms with van der Waals surface area (Å²) in [5, 5.41) is 0. The maximum absolute atomic E-state index is 13.0. The molecular weight excluding hydrogens is 376 g/mol. The molecule has 0 fully saturated rings. The van der Waals surface area contributed by atoms with Gasteiger partial charge in [-0.25, -0.2) is 9.18 Å². The highest BCUT2D eigenvalue weighted by molar-refractivity contribution is 14.1. The molecule has 0 aliphatic carbocycles. The number of ether oxygens (including phenoxy) is 1. The number of carbonyl (C=O) groups is 2. The van der Waals surface area contributed by atoms with Gasteiger partial charge in [0, 0.05) is 9.13 Å². The van der Waals surface area contributed by atoms with Crippen molar-refractivity contribution in [2.75, 3.05) is 0 Å². The third kappa shape index (κ3) is 3.32. The van der Waals surface area contributed by atoms with E-state index >= 15 is 0 Å². The minimum Gasteiger partial charge on any atom is -0.423 e. The molecule has 102 valence electrons. The lowest BCUT2D eigenvalue weighted by Gasteiger charge is -2.07. The number of amides is 1. The smallest absolute Gasteiger partial charge is 0.344 e. The quantitative estimate of drug-likeness (QED) is 0.502. The van der Waals surface area contributed by atoms with Gasteiger partial charge >= 0.3 is 5.97 Å². The van der Waals surface area contributed by atoms with Crippen LogP contribution in [0.4, 0.5) is 4.39 Å². The second-order valence-corrected chi connectivity index (χ2v) is 5.07. The van der Waals surface area contributed by atoms with Crippen molar-refractivity contribution in [2.24, 2.45) is 5.73 Å². The number of benzene rings is 2. The molecule has 0 aromatic heterocycles. The van der Waals surface area contributed by atoms with E-state index in [0.717, 1.165) is 0 Å². The summed E-state index contributed by atoms with van der Waals surface area (Å²) >= 11 is 1.85. The van der Waals surface area contributed by atoms with Crippen molar-refractivity contribution in [3.05, 3.63) is 63.0 Å². The molecule has 0 saturated heterocycles. The van der Waals surface area contributed by atoms with Crippen LogP contribution in [0.25, 0.3) is 0 Å². The molecule has 6 heteroatoms. The minimum atomic E-state index is -0.629. The highest BCUT2D eigenvalue weighted by atomic mass is 127. The zero-order valence-electron chi connectivity index (χ0n) is 10.1. The van der Waals surface area contributed by atoms with E-state index in [-0.39, 0.29) is 16.9 Å². The average Bonchev–Trinajstić information content (AvgIpc) is 2.38. The van der Waals surface area contributed by atoms with E-state index in [1.165, 1.54) is 36.4 Å². The van der Waals surface area contributed by atoms with E-state index in [1.807, 2.05) is 22.6 Å². The molecule has 0 atom stereocenters. The average molecular weight is 385 g/mol. The first-order valence-corrected chi connectivity index (χ1v) is 6.62. The molecule has 0 radical (unpaired) electrons. The number of esters is 1. The summed E-state index contributed by atoms with van der Waals surface area (Å²) in [6.07, 6.45) is 0. The molecule has 4 nitrogen and oxygen atoms in total. The Labute approximate surface area is 127 Å². The number of carbonyl (C=O) groups excluding carboxylic acids is 2. The van der Waals surface area contributed by atoms with Crippen LogP contribution < -0.4 is 10.5 Å². The van der Waals surface area contributed by atoms with Crippen molar-refractivity contribution in [1.82, 2.24) is 0 Å². The molecule has 0 bridgehead atoms. The van der Waals surface area contributed by atoms with Crippen molar-refractivity contribution < 1.29 is 18.7 Å². The number of primary amides is 1. The first kappa shape index (κ1) is 14.4. The van der Waals surface area contributed by atoms with Crippen LogP contribution in [0.1, 0.15) is 20.7 Å². The molecule has 20 heavy (non-hydrogen) atoms. The van der Waals surface area contributed by atoms with Gasteiger partial charge in [0.25, 0.3) is 0 Å². The topological polar surface area (TPSA) is 69.4 Å². The van der Waals surface area contributed by atoms with Crippen molar-refractivity contribution >= 4 is 34.5 Å². The summed E-state index contributed by atoms with van der Waals surface area (Å²) in [4.78, 5) is 23.0. The summed E-state index contributed by atoms with van der Waals surface area (Å²) in [5.74, 6) is -1.47. The number of halogens is 2. The van der Waals surface area contributed by atoms with Crippen LogP contribution in [0.15, 0.2) is 42.5 Å². The SMILES string of the molecule is NC(=O)c1cccc(OC(=O)c2ccc(F)cc2I)c1. The predicted molar refractivity (Wildman–Crippen MR) is 79.0 cm³/mol. The van der Waals surface area contributed by atoms with Gasteiger partial charge in [0.1, 0.15) is 11.6 Å². The lowest BCUT2D eigenvalue weighted by atomic mass is 10.2. The van der Waals surface area contributed by atoms with Gasteiger partial charge in [-0.05, 0) is 59.0 Å². The van der Waals surface area contributed by atoms with Crippen molar-refractivity contribution in [1.29, 1.82) is 0 Å². The van der Waals surface area contributed by atoms with Crippen molar-refractivity contribution in [3.8, 4) is 5.75 Å². The van der Waals surface area contributed by atoms with Gasteiger partial charge in [0.2, 0.25) is 5.91 Å². The summed E-state index contributed by atoms with van der Waals surface area (Å²) in [5.41, 5.74) is 5.63. The van der Waals surface area contributed by atoms with Gasteiger partial charge in [0.05, 0.1) is 5.56 Å². The molecule has 2 aromatic rings. The number of nitrogens with two attached hydrogens (primary N) is 1. The molecule has 2 rings (SSSR count). The molecule has 0 aliphatic heterocycles.